The highest BCUT2D eigenvalue weighted by Gasteiger charge is 2.46. The number of benzene rings is 2. The van der Waals surface area contributed by atoms with Crippen LogP contribution in [-0.4, -0.2) is 55.7 Å². The lowest BCUT2D eigenvalue weighted by atomic mass is 10.1. The van der Waals surface area contributed by atoms with Crippen LogP contribution in [0.25, 0.3) is 0 Å². The molecule has 7 heteroatoms. The third-order valence-electron chi connectivity index (χ3n) is 5.84. The van der Waals surface area contributed by atoms with Gasteiger partial charge in [-0.25, -0.2) is 4.90 Å². The van der Waals surface area contributed by atoms with E-state index in [-0.39, 0.29) is 30.0 Å². The molecular weight excluding hydrogens is 382 g/mol. The number of amides is 2. The number of nitrogens with zero attached hydrogens (tertiary/aromatic N) is 2. The molecule has 2 N–H and O–H groups in total. The number of imide groups is 1. The molecule has 2 aromatic carbocycles. The molecule has 2 aliphatic heterocycles. The predicted molar refractivity (Wildman–Crippen MR) is 114 cm³/mol. The summed E-state index contributed by atoms with van der Waals surface area (Å²) in [4.78, 5) is 30.3. The summed E-state index contributed by atoms with van der Waals surface area (Å²) in [7, 11) is 0. The van der Waals surface area contributed by atoms with E-state index in [1.807, 2.05) is 19.1 Å². The van der Waals surface area contributed by atoms with Gasteiger partial charge in [0.15, 0.2) is 6.04 Å². The molecule has 2 aliphatic rings. The maximum absolute atomic E-state index is 13.1. The first-order chi connectivity index (χ1) is 14.6. The lowest BCUT2D eigenvalue weighted by Gasteiger charge is -2.35. The summed E-state index contributed by atoms with van der Waals surface area (Å²) in [6, 6.07) is 14.1. The van der Waals surface area contributed by atoms with Crippen molar-refractivity contribution >= 4 is 23.2 Å². The highest BCUT2D eigenvalue weighted by molar-refractivity contribution is 6.21. The van der Waals surface area contributed by atoms with Crippen molar-refractivity contribution < 1.29 is 24.3 Å². The van der Waals surface area contributed by atoms with Crippen LogP contribution in [0.4, 0.5) is 11.4 Å². The molecule has 0 unspecified atom stereocenters. The number of carbonyl (C=O) groups excluding carboxylic acids is 2. The Kier molecular flexibility index (Phi) is 5.90. The number of hydrogen-bond acceptors (Lipinski definition) is 5. The number of rotatable bonds is 6. The van der Waals surface area contributed by atoms with E-state index in [4.69, 9.17) is 4.74 Å². The summed E-state index contributed by atoms with van der Waals surface area (Å²) in [6.45, 7) is 5.63. The van der Waals surface area contributed by atoms with Crippen LogP contribution in [0.3, 0.4) is 0 Å². The summed E-state index contributed by atoms with van der Waals surface area (Å²) in [5.41, 5.74) is 1.42. The number of phenolic OH excluding ortho intramolecular Hbond substituents is 1. The summed E-state index contributed by atoms with van der Waals surface area (Å²) < 4.78 is 5.58. The Bertz CT molecular complexity index is 907. The Morgan fingerprint density at radius 2 is 1.77 bits per heavy atom. The number of hydrogen-bond donors (Lipinski definition) is 2. The normalized spacial score (nSPS) is 20.1. The molecule has 7 nitrogen and oxygen atoms in total. The van der Waals surface area contributed by atoms with Crippen LogP contribution in [0.15, 0.2) is 48.5 Å². The first-order valence-electron chi connectivity index (χ1n) is 10.6. The third-order valence-corrected chi connectivity index (χ3v) is 5.84. The quantitative estimate of drug-likeness (QED) is 0.701. The highest BCUT2D eigenvalue weighted by atomic mass is 16.5. The molecule has 158 valence electrons. The van der Waals surface area contributed by atoms with Crippen LogP contribution < -0.4 is 19.4 Å². The largest absolute Gasteiger partial charge is 0.506 e. The van der Waals surface area contributed by atoms with Gasteiger partial charge in [-0.05, 0) is 42.8 Å². The van der Waals surface area contributed by atoms with Gasteiger partial charge in [-0.15, -0.1) is 0 Å². The highest BCUT2D eigenvalue weighted by Crippen LogP contribution is 2.27. The second-order valence-electron chi connectivity index (χ2n) is 7.80. The number of phenols is 1. The summed E-state index contributed by atoms with van der Waals surface area (Å²) >= 11 is 0. The minimum absolute atomic E-state index is 0.131. The van der Waals surface area contributed by atoms with Crippen LogP contribution in [0.5, 0.6) is 11.5 Å². The van der Waals surface area contributed by atoms with Crippen molar-refractivity contribution in [2.45, 2.75) is 25.8 Å². The molecule has 2 heterocycles. The molecular formula is C23H28N3O4+. The topological polar surface area (TPSA) is 74.5 Å². The second-order valence-corrected chi connectivity index (χ2v) is 7.80. The molecule has 1 atom stereocenters. The van der Waals surface area contributed by atoms with Gasteiger partial charge in [0.25, 0.3) is 5.91 Å². The van der Waals surface area contributed by atoms with E-state index in [1.165, 1.54) is 4.90 Å². The van der Waals surface area contributed by atoms with Gasteiger partial charge >= 0.3 is 0 Å². The zero-order valence-corrected chi connectivity index (χ0v) is 17.2. The summed E-state index contributed by atoms with van der Waals surface area (Å²) in [6.07, 6.45) is 1.16. The van der Waals surface area contributed by atoms with Crippen molar-refractivity contribution in [1.29, 1.82) is 0 Å². The van der Waals surface area contributed by atoms with E-state index in [0.717, 1.165) is 48.9 Å². The average Bonchev–Trinajstić information content (AvgIpc) is 3.07. The van der Waals surface area contributed by atoms with Crippen molar-refractivity contribution in [2.75, 3.05) is 42.6 Å². The standard InChI is InChI=1S/C23H27N3O4/c1-2-15-30-18-9-7-17(8-10-18)26-22(28)16-20(23(26)29)25-13-11-24(12-14-25)19-5-3-4-6-21(19)27/h3-10,20,27H,2,11-16H2,1H3/p+1/t20-/m1/s1. The summed E-state index contributed by atoms with van der Waals surface area (Å²) in [5, 5.41) is 10.1. The first-order valence-corrected chi connectivity index (χ1v) is 10.6. The van der Waals surface area contributed by atoms with E-state index < -0.39 is 0 Å². The van der Waals surface area contributed by atoms with Crippen LogP contribution in [0.1, 0.15) is 19.8 Å². The molecule has 2 fully saturated rings. The Balaban J connectivity index is 1.40. The Hall–Kier alpha value is -3.06. The number of anilines is 2. The fraction of sp³-hybridized carbons (Fsp3) is 0.391. The van der Waals surface area contributed by atoms with E-state index >= 15 is 0 Å². The minimum atomic E-state index is -0.347. The lowest BCUT2D eigenvalue weighted by molar-refractivity contribution is -0.915. The van der Waals surface area contributed by atoms with Gasteiger partial charge in [0.1, 0.15) is 11.5 Å². The van der Waals surface area contributed by atoms with Crippen LogP contribution in [-0.2, 0) is 9.59 Å². The number of aromatic hydroxyl groups is 1. The van der Waals surface area contributed by atoms with E-state index in [2.05, 4.69) is 4.90 Å². The Morgan fingerprint density at radius 3 is 2.43 bits per heavy atom. The maximum atomic E-state index is 13.1. The Labute approximate surface area is 176 Å². The van der Waals surface area contributed by atoms with Crippen molar-refractivity contribution in [3.63, 3.8) is 0 Å². The Morgan fingerprint density at radius 1 is 1.07 bits per heavy atom. The number of nitrogens with one attached hydrogen (secondary N) is 1. The number of ether oxygens (including phenoxy) is 1. The molecule has 0 saturated carbocycles. The van der Waals surface area contributed by atoms with Crippen molar-refractivity contribution in [3.8, 4) is 11.5 Å². The zero-order valence-electron chi connectivity index (χ0n) is 17.2. The van der Waals surface area contributed by atoms with Gasteiger partial charge < -0.3 is 19.6 Å². The van der Waals surface area contributed by atoms with Gasteiger partial charge in [0, 0.05) is 0 Å². The number of carbonyl (C=O) groups is 2. The van der Waals surface area contributed by atoms with Crippen LogP contribution in [0.2, 0.25) is 0 Å². The van der Waals surface area contributed by atoms with Gasteiger partial charge in [-0.1, -0.05) is 19.1 Å². The smallest absolute Gasteiger partial charge is 0.292 e. The summed E-state index contributed by atoms with van der Waals surface area (Å²) in [5.74, 6) is 0.726. The fourth-order valence-corrected chi connectivity index (χ4v) is 4.25. The lowest BCUT2D eigenvalue weighted by Crippen LogP contribution is -3.19. The van der Waals surface area contributed by atoms with Crippen molar-refractivity contribution in [2.24, 2.45) is 0 Å². The van der Waals surface area contributed by atoms with E-state index in [9.17, 15) is 14.7 Å². The monoisotopic (exact) mass is 410 g/mol. The van der Waals surface area contributed by atoms with Gasteiger partial charge in [-0.3, -0.25) is 9.59 Å². The molecule has 4 rings (SSSR count). The van der Waals surface area contributed by atoms with Gasteiger partial charge in [0.05, 0.1) is 50.6 Å². The van der Waals surface area contributed by atoms with Gasteiger partial charge in [-0.2, -0.15) is 0 Å². The van der Waals surface area contributed by atoms with E-state index in [1.54, 1.807) is 36.4 Å². The number of para-hydroxylation sites is 2. The molecule has 30 heavy (non-hydrogen) atoms. The minimum Gasteiger partial charge on any atom is -0.506 e. The van der Waals surface area contributed by atoms with Crippen LogP contribution >= 0.6 is 0 Å². The molecule has 0 radical (unpaired) electrons. The second kappa shape index (κ2) is 8.75. The molecule has 2 saturated heterocycles. The third kappa shape index (κ3) is 3.98. The number of piperazine rings is 1. The fourth-order valence-electron chi connectivity index (χ4n) is 4.25. The molecule has 0 bridgehead atoms. The SMILES string of the molecule is CCCOc1ccc(N2C(=O)C[C@@H]([NH+]3CCN(c4ccccc4O)CC3)C2=O)cc1. The van der Waals surface area contributed by atoms with E-state index in [0.29, 0.717) is 12.3 Å². The first kappa shape index (κ1) is 20.2. The van der Waals surface area contributed by atoms with Gasteiger partial charge in [0.2, 0.25) is 5.91 Å². The molecule has 0 aliphatic carbocycles. The predicted octanol–water partition coefficient (Wildman–Crippen LogP) is 1.22. The van der Waals surface area contributed by atoms with Crippen LogP contribution in [0, 0.1) is 0 Å². The maximum Gasteiger partial charge on any atom is 0.292 e. The van der Waals surface area contributed by atoms with Crippen molar-refractivity contribution in [3.05, 3.63) is 48.5 Å². The zero-order chi connectivity index (χ0) is 21.1. The molecule has 0 aromatic heterocycles. The molecule has 2 aromatic rings. The molecule has 0 spiro atoms. The average molecular weight is 410 g/mol. The van der Waals surface area contributed by atoms with Crippen molar-refractivity contribution in [1.82, 2.24) is 0 Å². The number of quaternary nitrogens is 1. The molecule has 2 amide bonds.